The average molecular weight is 355 g/mol. The van der Waals surface area contributed by atoms with Crippen LogP contribution in [-0.4, -0.2) is 17.1 Å². The van der Waals surface area contributed by atoms with Crippen LogP contribution in [-0.2, 0) is 4.43 Å². The van der Waals surface area contributed by atoms with Crippen LogP contribution in [0.25, 0.3) is 0 Å². The van der Waals surface area contributed by atoms with E-state index in [1.54, 1.807) is 0 Å². The smallest absolute Gasteiger partial charge is 0.183 e. The maximum absolute atomic E-state index is 5.59. The Hall–Kier alpha value is 1.62. The molecular formula is C5H11Br3OSi. The molecule has 0 spiro atoms. The van der Waals surface area contributed by atoms with Gasteiger partial charge in [-0.15, -0.1) is 0 Å². The Morgan fingerprint density at radius 1 is 1.20 bits per heavy atom. The Morgan fingerprint density at radius 2 is 1.60 bits per heavy atom. The van der Waals surface area contributed by atoms with E-state index in [1.165, 1.54) is 0 Å². The molecule has 0 bridgehead atoms. The van der Waals surface area contributed by atoms with E-state index in [0.717, 1.165) is 0 Å². The van der Waals surface area contributed by atoms with Crippen LogP contribution < -0.4 is 0 Å². The summed E-state index contributed by atoms with van der Waals surface area (Å²) in [5.74, 6) is 0. The minimum absolute atomic E-state index is 0.243. The fraction of sp³-hybridized carbons (Fsp3) is 1.00. The fourth-order valence-electron chi connectivity index (χ4n) is 0.298. The highest BCUT2D eigenvalue weighted by Crippen LogP contribution is 2.34. The molecule has 0 aliphatic rings. The van der Waals surface area contributed by atoms with E-state index in [1.807, 2.05) is 0 Å². The molecule has 10 heavy (non-hydrogen) atoms. The molecule has 0 aliphatic heterocycles. The molecule has 0 aromatic heterocycles. The summed E-state index contributed by atoms with van der Waals surface area (Å²) in [5.41, 5.74) is 0. The summed E-state index contributed by atoms with van der Waals surface area (Å²) >= 11 is 10.1. The van der Waals surface area contributed by atoms with Gasteiger partial charge >= 0.3 is 0 Å². The van der Waals surface area contributed by atoms with Crippen molar-refractivity contribution in [2.75, 3.05) is 6.61 Å². The maximum atomic E-state index is 5.59. The second kappa shape index (κ2) is 4.03. The first-order valence-corrected chi connectivity index (χ1v) is 8.70. The fourth-order valence-corrected chi connectivity index (χ4v) is 1.93. The zero-order valence-electron chi connectivity index (χ0n) is 6.25. The van der Waals surface area contributed by atoms with Crippen molar-refractivity contribution in [3.8, 4) is 0 Å². The number of rotatable bonds is 2. The lowest BCUT2D eigenvalue weighted by atomic mass is 10.9. The summed E-state index contributed by atoms with van der Waals surface area (Å²) in [6, 6.07) is 0. The van der Waals surface area contributed by atoms with E-state index in [9.17, 15) is 0 Å². The van der Waals surface area contributed by atoms with Gasteiger partial charge in [0.05, 0.1) is 6.61 Å². The number of hydrogen-bond donors (Lipinski definition) is 0. The van der Waals surface area contributed by atoms with Crippen molar-refractivity contribution >= 4 is 56.1 Å². The third-order valence-electron chi connectivity index (χ3n) is 0.669. The topological polar surface area (TPSA) is 9.23 Å². The van der Waals surface area contributed by atoms with E-state index >= 15 is 0 Å². The van der Waals surface area contributed by atoms with Crippen LogP contribution in [0.3, 0.4) is 0 Å². The number of halogens is 3. The van der Waals surface area contributed by atoms with Gasteiger partial charge in [-0.2, -0.15) is 0 Å². The van der Waals surface area contributed by atoms with Crippen molar-refractivity contribution in [2.45, 2.75) is 21.8 Å². The van der Waals surface area contributed by atoms with E-state index in [0.29, 0.717) is 6.61 Å². The highest BCUT2D eigenvalue weighted by atomic mass is 80.0. The highest BCUT2D eigenvalue weighted by Gasteiger charge is 2.23. The van der Waals surface area contributed by atoms with Crippen molar-refractivity contribution in [2.24, 2.45) is 0 Å². The molecule has 0 amide bonds. The minimum atomic E-state index is -1.36. The van der Waals surface area contributed by atoms with Gasteiger partial charge in [0, 0.05) is 0 Å². The van der Waals surface area contributed by atoms with E-state index < -0.39 is 8.32 Å². The van der Waals surface area contributed by atoms with Gasteiger partial charge in [-0.1, -0.05) is 47.8 Å². The van der Waals surface area contributed by atoms with E-state index in [2.05, 4.69) is 67.4 Å². The minimum Gasteiger partial charge on any atom is -0.414 e. The number of hydrogen-bond acceptors (Lipinski definition) is 1. The Labute approximate surface area is 88.4 Å². The molecule has 0 atom stereocenters. The van der Waals surface area contributed by atoms with Gasteiger partial charge in [0.1, 0.15) is 0 Å². The van der Waals surface area contributed by atoms with Gasteiger partial charge in [-0.3, -0.25) is 0 Å². The predicted molar refractivity (Wildman–Crippen MR) is 58.8 cm³/mol. The molecule has 0 saturated carbocycles. The van der Waals surface area contributed by atoms with Crippen molar-refractivity contribution in [1.82, 2.24) is 0 Å². The third-order valence-corrected chi connectivity index (χ3v) is 2.37. The lowest BCUT2D eigenvalue weighted by Gasteiger charge is -2.21. The summed E-state index contributed by atoms with van der Waals surface area (Å²) in [6.07, 6.45) is 0. The molecule has 1 nitrogen and oxygen atoms in total. The maximum Gasteiger partial charge on any atom is 0.183 e. The van der Waals surface area contributed by atoms with Crippen LogP contribution in [0.4, 0.5) is 0 Å². The summed E-state index contributed by atoms with van der Waals surface area (Å²) < 4.78 is 5.35. The summed E-state index contributed by atoms with van der Waals surface area (Å²) in [4.78, 5) is 0. The van der Waals surface area contributed by atoms with Gasteiger partial charge in [-0.05, 0) is 19.6 Å². The Bertz CT molecular complexity index is 90.4. The van der Waals surface area contributed by atoms with Crippen molar-refractivity contribution in [3.05, 3.63) is 0 Å². The highest BCUT2D eigenvalue weighted by molar-refractivity contribution is 9.39. The summed E-state index contributed by atoms with van der Waals surface area (Å²) in [6.45, 7) is 7.12. The van der Waals surface area contributed by atoms with Gasteiger partial charge < -0.3 is 4.43 Å². The standard InChI is InChI=1S/C5H11Br3OSi/c1-10(2,3)9-4-5(6,7)8/h4H2,1-3H3. The lowest BCUT2D eigenvalue weighted by molar-refractivity contribution is 0.329. The van der Waals surface area contributed by atoms with Crippen LogP contribution in [0.5, 0.6) is 0 Å². The second-order valence-electron chi connectivity index (χ2n) is 3.02. The summed E-state index contributed by atoms with van der Waals surface area (Å²) in [7, 11) is -1.36. The first-order chi connectivity index (χ1) is 4.21. The Morgan fingerprint density at radius 3 is 1.70 bits per heavy atom. The van der Waals surface area contributed by atoms with Crippen LogP contribution in [0.1, 0.15) is 0 Å². The quantitative estimate of drug-likeness (QED) is 0.543. The molecular weight excluding hydrogens is 344 g/mol. The number of alkyl halides is 3. The van der Waals surface area contributed by atoms with Crippen LogP contribution in [0.2, 0.25) is 19.6 Å². The Balaban J connectivity index is 3.56. The average Bonchev–Trinajstić information content (AvgIpc) is 1.57. The molecule has 0 aliphatic carbocycles. The van der Waals surface area contributed by atoms with E-state index in [4.69, 9.17) is 4.43 Å². The van der Waals surface area contributed by atoms with Gasteiger partial charge in [0.25, 0.3) is 0 Å². The normalized spacial score (nSPS) is 13.8. The van der Waals surface area contributed by atoms with Crippen molar-refractivity contribution in [3.63, 3.8) is 0 Å². The first-order valence-electron chi connectivity index (χ1n) is 2.91. The molecule has 0 aromatic carbocycles. The Kier molecular flexibility index (Phi) is 4.68. The first kappa shape index (κ1) is 11.6. The molecule has 0 unspecified atom stereocenters. The molecule has 0 rings (SSSR count). The molecule has 0 aromatic rings. The molecule has 0 fully saturated rings. The van der Waals surface area contributed by atoms with Crippen LogP contribution in [0, 0.1) is 0 Å². The van der Waals surface area contributed by atoms with Gasteiger partial charge in [-0.25, -0.2) is 0 Å². The zero-order chi connectivity index (χ0) is 8.41. The monoisotopic (exact) mass is 352 g/mol. The predicted octanol–water partition coefficient (Wildman–Crippen LogP) is 3.68. The second-order valence-corrected chi connectivity index (χ2v) is 14.8. The van der Waals surface area contributed by atoms with Gasteiger partial charge in [0.15, 0.2) is 10.5 Å². The molecule has 62 valence electrons. The largest absolute Gasteiger partial charge is 0.414 e. The summed E-state index contributed by atoms with van der Waals surface area (Å²) in [5, 5.41) is 0. The third kappa shape index (κ3) is 9.62. The molecule has 0 saturated heterocycles. The lowest BCUT2D eigenvalue weighted by Crippen LogP contribution is -2.29. The van der Waals surface area contributed by atoms with E-state index in [-0.39, 0.29) is 2.14 Å². The zero-order valence-corrected chi connectivity index (χ0v) is 12.0. The molecule has 0 heterocycles. The van der Waals surface area contributed by atoms with Crippen molar-refractivity contribution < 1.29 is 4.43 Å². The van der Waals surface area contributed by atoms with Crippen LogP contribution >= 0.6 is 47.8 Å². The molecule has 5 heteroatoms. The SMILES string of the molecule is C[Si](C)(C)OCC(Br)(Br)Br. The van der Waals surface area contributed by atoms with Crippen LogP contribution in [0.15, 0.2) is 0 Å². The molecule has 0 radical (unpaired) electrons. The van der Waals surface area contributed by atoms with Gasteiger partial charge in [0.2, 0.25) is 0 Å². The van der Waals surface area contributed by atoms with Crippen molar-refractivity contribution in [1.29, 1.82) is 0 Å². The molecule has 0 N–H and O–H groups in total.